The van der Waals surface area contributed by atoms with Crippen molar-refractivity contribution >= 4 is 5.97 Å². The summed E-state index contributed by atoms with van der Waals surface area (Å²) in [4.78, 5) is 14.5. The minimum atomic E-state index is -0.0823. The number of likely N-dealkylation sites (N-methyl/N-ethyl adjacent to an activating group) is 1. The Morgan fingerprint density at radius 2 is 1.58 bits per heavy atom. The zero-order valence-corrected chi connectivity index (χ0v) is 12.8. The van der Waals surface area contributed by atoms with E-state index in [1.165, 1.54) is 19.3 Å². The number of ether oxygens (including phenoxy) is 1. The third kappa shape index (κ3) is 2.92. The number of hydrogen-bond acceptors (Lipinski definition) is 3. The lowest BCUT2D eigenvalue weighted by Crippen LogP contribution is -3.00. The van der Waals surface area contributed by atoms with E-state index < -0.39 is 0 Å². The lowest BCUT2D eigenvalue weighted by molar-refractivity contribution is -0.171. The van der Waals surface area contributed by atoms with Crippen LogP contribution in [0.3, 0.4) is 0 Å². The summed E-state index contributed by atoms with van der Waals surface area (Å²) in [6.07, 6.45) is 7.47. The first kappa shape index (κ1) is 15.1. The van der Waals surface area contributed by atoms with E-state index in [1.54, 1.807) is 0 Å². The fraction of sp³-hybridized carbons (Fsp3) is 0.933. The molecule has 0 radical (unpaired) electrons. The second-order valence-corrected chi connectivity index (χ2v) is 7.14. The highest BCUT2D eigenvalue weighted by molar-refractivity contribution is 5.77. The lowest BCUT2D eigenvalue weighted by Gasteiger charge is -2.55. The Morgan fingerprint density at radius 3 is 2.00 bits per heavy atom. The van der Waals surface area contributed by atoms with Crippen molar-refractivity contribution in [3.05, 3.63) is 0 Å². The van der Waals surface area contributed by atoms with Crippen LogP contribution in [0.15, 0.2) is 0 Å². The zero-order chi connectivity index (χ0) is 12.8. The third-order valence-corrected chi connectivity index (χ3v) is 5.24. The third-order valence-electron chi connectivity index (χ3n) is 5.24. The molecule has 0 heterocycles. The maximum absolute atomic E-state index is 12.4. The van der Waals surface area contributed by atoms with Crippen LogP contribution in [0.25, 0.3) is 0 Å². The van der Waals surface area contributed by atoms with Crippen LogP contribution in [0.4, 0.5) is 0 Å². The second kappa shape index (κ2) is 5.61. The predicted molar refractivity (Wildman–Crippen MR) is 70.1 cm³/mol. The maximum Gasteiger partial charge on any atom is 0.312 e. The van der Waals surface area contributed by atoms with Crippen LogP contribution in [-0.4, -0.2) is 38.1 Å². The van der Waals surface area contributed by atoms with Gasteiger partial charge >= 0.3 is 5.97 Å². The van der Waals surface area contributed by atoms with Gasteiger partial charge in [-0.25, -0.2) is 0 Å². The Bertz CT molecular complexity index is 308. The second-order valence-electron chi connectivity index (χ2n) is 7.14. The first-order chi connectivity index (χ1) is 8.57. The number of carbonyl (C=O) groups is 1. The maximum atomic E-state index is 12.4. The number of rotatable bonds is 4. The van der Waals surface area contributed by atoms with E-state index in [9.17, 15) is 4.79 Å². The Balaban J connectivity index is 0.00000133. The molecule has 0 N–H and O–H groups in total. The van der Waals surface area contributed by atoms with E-state index in [2.05, 4.69) is 4.90 Å². The highest BCUT2D eigenvalue weighted by Crippen LogP contribution is 2.60. The fourth-order valence-electron chi connectivity index (χ4n) is 4.83. The van der Waals surface area contributed by atoms with Crippen molar-refractivity contribution in [2.45, 2.75) is 38.5 Å². The molecule has 0 aliphatic heterocycles. The van der Waals surface area contributed by atoms with Gasteiger partial charge in [-0.2, -0.15) is 0 Å². The molecule has 4 aliphatic rings. The molecular weight excluding hydrogens is 262 g/mol. The van der Waals surface area contributed by atoms with Crippen LogP contribution in [0.5, 0.6) is 0 Å². The molecule has 0 atom stereocenters. The highest BCUT2D eigenvalue weighted by atomic mass is 35.5. The molecule has 4 fully saturated rings. The van der Waals surface area contributed by atoms with E-state index in [0.717, 1.165) is 43.6 Å². The van der Waals surface area contributed by atoms with Crippen molar-refractivity contribution in [2.75, 3.05) is 27.2 Å². The minimum absolute atomic E-state index is 0. The molecule has 0 aromatic rings. The Hall–Kier alpha value is -0.280. The number of esters is 1. The molecule has 0 aromatic carbocycles. The van der Waals surface area contributed by atoms with Crippen molar-refractivity contribution in [3.63, 3.8) is 0 Å². The van der Waals surface area contributed by atoms with Crippen LogP contribution in [0, 0.1) is 23.2 Å². The molecule has 110 valence electrons. The largest absolute Gasteiger partial charge is 1.00 e. The molecule has 4 heteroatoms. The van der Waals surface area contributed by atoms with Crippen LogP contribution in [0.2, 0.25) is 0 Å². The normalized spacial score (nSPS) is 39.2. The molecule has 4 bridgehead atoms. The predicted octanol–water partition coefficient (Wildman–Crippen LogP) is -0.688. The van der Waals surface area contributed by atoms with Gasteiger partial charge in [0.15, 0.2) is 0 Å². The SMILES string of the molecule is CN(C)CCOC(=O)C12CC3CC(CC(C3)C1)C2.[Cl-]. The molecule has 3 nitrogen and oxygen atoms in total. The molecule has 0 saturated heterocycles. The van der Waals surface area contributed by atoms with Gasteiger partial charge in [-0.3, -0.25) is 4.79 Å². The number of nitrogens with zero attached hydrogens (tertiary/aromatic N) is 1. The standard InChI is InChI=1S/C15H25NO2.ClH/c1-16(2)3-4-18-14(17)15-8-11-5-12(9-15)7-13(6-11)10-15;/h11-13H,3-10H2,1-2H3;1H/p-1. The smallest absolute Gasteiger partial charge is 0.312 e. The van der Waals surface area contributed by atoms with Crippen LogP contribution in [-0.2, 0) is 9.53 Å². The van der Waals surface area contributed by atoms with Crippen LogP contribution < -0.4 is 12.4 Å². The summed E-state index contributed by atoms with van der Waals surface area (Å²) in [5.74, 6) is 2.57. The average Bonchev–Trinajstić information content (AvgIpc) is 2.26. The molecule has 0 aromatic heterocycles. The van der Waals surface area contributed by atoms with Gasteiger partial charge in [0, 0.05) is 6.54 Å². The monoisotopic (exact) mass is 286 g/mol. The van der Waals surface area contributed by atoms with Gasteiger partial charge in [-0.05, 0) is 70.4 Å². The van der Waals surface area contributed by atoms with E-state index in [4.69, 9.17) is 4.74 Å². The summed E-state index contributed by atoms with van der Waals surface area (Å²) in [5, 5.41) is 0. The molecular formula is C15H25ClNO2-. The zero-order valence-electron chi connectivity index (χ0n) is 12.0. The van der Waals surface area contributed by atoms with Crippen molar-refractivity contribution in [1.82, 2.24) is 4.90 Å². The topological polar surface area (TPSA) is 29.5 Å². The average molecular weight is 287 g/mol. The lowest BCUT2D eigenvalue weighted by atomic mass is 9.49. The Kier molecular flexibility index (Phi) is 4.46. The molecule has 0 unspecified atom stereocenters. The molecule has 0 spiro atoms. The number of carbonyl (C=O) groups excluding carboxylic acids is 1. The van der Waals surface area contributed by atoms with E-state index in [-0.39, 0.29) is 23.8 Å². The summed E-state index contributed by atoms with van der Waals surface area (Å²) in [7, 11) is 4.02. The highest BCUT2D eigenvalue weighted by Gasteiger charge is 2.55. The first-order valence-corrected chi connectivity index (χ1v) is 7.39. The van der Waals surface area contributed by atoms with Gasteiger partial charge in [0.25, 0.3) is 0 Å². The van der Waals surface area contributed by atoms with E-state index >= 15 is 0 Å². The summed E-state index contributed by atoms with van der Waals surface area (Å²) >= 11 is 0. The molecule has 4 aliphatic carbocycles. The van der Waals surface area contributed by atoms with Crippen LogP contribution in [0.1, 0.15) is 38.5 Å². The van der Waals surface area contributed by atoms with Crippen molar-refractivity contribution < 1.29 is 21.9 Å². The van der Waals surface area contributed by atoms with Gasteiger partial charge in [-0.1, -0.05) is 0 Å². The Labute approximate surface area is 122 Å². The summed E-state index contributed by atoms with van der Waals surface area (Å²) in [6, 6.07) is 0. The molecule has 4 rings (SSSR count). The fourth-order valence-corrected chi connectivity index (χ4v) is 4.83. The van der Waals surface area contributed by atoms with Gasteiger partial charge in [0.05, 0.1) is 5.41 Å². The van der Waals surface area contributed by atoms with Crippen molar-refractivity contribution in [2.24, 2.45) is 23.2 Å². The summed E-state index contributed by atoms with van der Waals surface area (Å²) in [6.45, 7) is 1.38. The van der Waals surface area contributed by atoms with E-state index in [0.29, 0.717) is 6.61 Å². The van der Waals surface area contributed by atoms with Crippen molar-refractivity contribution in [3.8, 4) is 0 Å². The molecule has 4 saturated carbocycles. The summed E-state index contributed by atoms with van der Waals surface area (Å²) in [5.41, 5.74) is -0.0823. The van der Waals surface area contributed by atoms with Crippen LogP contribution >= 0.6 is 0 Å². The molecule has 19 heavy (non-hydrogen) atoms. The van der Waals surface area contributed by atoms with Crippen molar-refractivity contribution in [1.29, 1.82) is 0 Å². The minimum Gasteiger partial charge on any atom is -1.00 e. The van der Waals surface area contributed by atoms with Gasteiger partial charge < -0.3 is 22.0 Å². The summed E-state index contributed by atoms with van der Waals surface area (Å²) < 4.78 is 5.56. The number of hydrogen-bond donors (Lipinski definition) is 0. The van der Waals surface area contributed by atoms with E-state index in [1.807, 2.05) is 14.1 Å². The van der Waals surface area contributed by atoms with Gasteiger partial charge in [-0.15, -0.1) is 0 Å². The quantitative estimate of drug-likeness (QED) is 0.641. The van der Waals surface area contributed by atoms with Gasteiger partial charge in [0.1, 0.15) is 6.61 Å². The Morgan fingerprint density at radius 1 is 1.11 bits per heavy atom. The number of halogens is 1. The van der Waals surface area contributed by atoms with Gasteiger partial charge in [0.2, 0.25) is 0 Å². The molecule has 0 amide bonds. The first-order valence-electron chi connectivity index (χ1n) is 7.39.